The van der Waals surface area contributed by atoms with Gasteiger partial charge in [0.05, 0.1) is 51.8 Å². The predicted octanol–water partition coefficient (Wildman–Crippen LogP) is 19.4. The number of aliphatic hydroxyl groups is 2. The lowest BCUT2D eigenvalue weighted by molar-refractivity contribution is -0.330. The molecular weight excluding hydrogens is 1090 g/mol. The van der Waals surface area contributed by atoms with Gasteiger partial charge in [0.15, 0.2) is 6.29 Å². The van der Waals surface area contributed by atoms with Crippen molar-refractivity contribution in [1.29, 1.82) is 0 Å². The Kier molecular flexibility index (Phi) is 43.0. The van der Waals surface area contributed by atoms with Crippen molar-refractivity contribution < 1.29 is 43.4 Å². The van der Waals surface area contributed by atoms with Crippen molar-refractivity contribution in [3.8, 4) is 0 Å². The topological polar surface area (TPSA) is 125 Å². The minimum atomic E-state index is -1.28. The second-order valence-corrected chi connectivity index (χ2v) is 25.6. The summed E-state index contributed by atoms with van der Waals surface area (Å²) in [6.07, 6.45) is 39.3. The molecule has 1 aliphatic heterocycles. The maximum atomic E-state index is 14.0. The summed E-state index contributed by atoms with van der Waals surface area (Å²) in [5.74, 6) is -0.166. The number of ether oxygens (including phenoxy) is 6. The molecule has 1 saturated heterocycles. The van der Waals surface area contributed by atoms with E-state index in [0.717, 1.165) is 60.8 Å². The van der Waals surface area contributed by atoms with Crippen LogP contribution in [0, 0.1) is 0 Å². The quantitative estimate of drug-likeness (QED) is 0.0371. The maximum Gasteiger partial charge on any atom is 0.220 e. The van der Waals surface area contributed by atoms with Crippen molar-refractivity contribution in [3.63, 3.8) is 0 Å². The first-order valence-corrected chi connectivity index (χ1v) is 36.0. The second kappa shape index (κ2) is 50.6. The molecule has 0 saturated carbocycles. The van der Waals surface area contributed by atoms with Crippen molar-refractivity contribution in [2.75, 3.05) is 13.2 Å². The summed E-state index contributed by atoms with van der Waals surface area (Å²) in [4.78, 5) is 14.0. The van der Waals surface area contributed by atoms with Crippen LogP contribution >= 0.6 is 0 Å². The van der Waals surface area contributed by atoms with Gasteiger partial charge in [-0.15, -0.1) is 0 Å². The van der Waals surface area contributed by atoms with Crippen LogP contribution in [0.3, 0.4) is 0 Å². The Hall–Kier alpha value is -3.97. The zero-order valence-corrected chi connectivity index (χ0v) is 55.3. The summed E-state index contributed by atoms with van der Waals surface area (Å²) in [6.45, 7) is 5.74. The van der Waals surface area contributed by atoms with Crippen LogP contribution in [0.25, 0.3) is 0 Å². The molecule has 4 aromatic rings. The van der Waals surface area contributed by atoms with E-state index in [9.17, 15) is 15.0 Å². The van der Waals surface area contributed by atoms with Crippen molar-refractivity contribution in [3.05, 3.63) is 144 Å². The summed E-state index contributed by atoms with van der Waals surface area (Å²) in [7, 11) is 0. The van der Waals surface area contributed by atoms with Crippen LogP contribution in [0.4, 0.5) is 0 Å². The van der Waals surface area contributed by atoms with Gasteiger partial charge < -0.3 is 44.0 Å². The summed E-state index contributed by atoms with van der Waals surface area (Å²) in [5, 5.41) is 26.9. The van der Waals surface area contributed by atoms with E-state index < -0.39 is 49.0 Å². The molecule has 8 atom stereocenters. The highest BCUT2D eigenvalue weighted by molar-refractivity contribution is 5.76. The fourth-order valence-corrected chi connectivity index (χ4v) is 12.3. The highest BCUT2D eigenvalue weighted by Crippen LogP contribution is 2.32. The standard InChI is InChI=1S/C78H123NO9/c1-3-5-7-9-11-13-15-17-18-19-20-21-22-23-24-25-26-27-29-31-33-35-49-59-73(81)79-70(74(82)71(80)58-48-34-32-30-28-16-14-12-10-8-6-4-2)64-87-78-77(86-63-69-56-46-39-47-57-69)76(85-62-68-54-44-38-45-55-68)75(84-61-67-52-42-37-43-53-67)72(88-78)65-83-60-66-50-40-36-41-51-66/h36-47,50-57,70-72,74-78,80,82H,3-35,48-49,58-65H2,1-2H3,(H,79,81)/t70-,71+,72+,74-,75-,76-,77+,78-/m0/s1. The van der Waals surface area contributed by atoms with Gasteiger partial charge in [-0.3, -0.25) is 4.79 Å². The Labute approximate surface area is 535 Å². The third-order valence-corrected chi connectivity index (χ3v) is 17.8. The zero-order valence-electron chi connectivity index (χ0n) is 55.3. The minimum absolute atomic E-state index is 0.143. The van der Waals surface area contributed by atoms with E-state index in [1.54, 1.807) is 0 Å². The van der Waals surface area contributed by atoms with Crippen LogP contribution in [0.5, 0.6) is 0 Å². The second-order valence-electron chi connectivity index (χ2n) is 25.6. The average Bonchev–Trinajstić information content (AvgIpc) is 1.40. The number of nitrogens with one attached hydrogen (secondary N) is 1. The van der Waals surface area contributed by atoms with Crippen molar-refractivity contribution in [2.45, 2.75) is 327 Å². The minimum Gasteiger partial charge on any atom is -0.390 e. The molecule has 10 heteroatoms. The summed E-state index contributed by atoms with van der Waals surface area (Å²) in [6, 6.07) is 39.2. The SMILES string of the molecule is CCCCCCCCCCCCCCCCCCCCCCCCCC(=O)N[C@@H](CO[C@H]1O[C@H](COCc2ccccc2)[C@H](OCc2ccccc2)[C@H](OCc2ccccc2)[C@H]1OCc1ccccc1)[C@H](O)[C@H](O)CCCCCCCCCCCCCC. The average molecular weight is 1220 g/mol. The van der Waals surface area contributed by atoms with Crippen LogP contribution in [-0.2, 0) is 59.6 Å². The number of carbonyl (C=O) groups is 1. The summed E-state index contributed by atoms with van der Waals surface area (Å²) >= 11 is 0. The molecule has 5 rings (SSSR count). The highest BCUT2D eigenvalue weighted by atomic mass is 16.7. The van der Waals surface area contributed by atoms with Crippen LogP contribution in [-0.4, -0.2) is 78.3 Å². The van der Waals surface area contributed by atoms with Gasteiger partial charge in [-0.1, -0.05) is 353 Å². The van der Waals surface area contributed by atoms with E-state index in [4.69, 9.17) is 28.4 Å². The number of rotatable bonds is 56. The van der Waals surface area contributed by atoms with E-state index in [-0.39, 0.29) is 32.3 Å². The number of hydrogen-bond acceptors (Lipinski definition) is 9. The molecular formula is C78H123NO9. The monoisotopic (exact) mass is 1220 g/mol. The third-order valence-electron chi connectivity index (χ3n) is 17.8. The fraction of sp³-hybridized carbons (Fsp3) is 0.679. The molecule has 10 nitrogen and oxygen atoms in total. The molecule has 1 fully saturated rings. The van der Waals surface area contributed by atoms with Crippen molar-refractivity contribution in [1.82, 2.24) is 5.32 Å². The van der Waals surface area contributed by atoms with Gasteiger partial charge in [-0.05, 0) is 35.1 Å². The number of amides is 1. The molecule has 0 spiro atoms. The van der Waals surface area contributed by atoms with Gasteiger partial charge in [0.2, 0.25) is 5.91 Å². The van der Waals surface area contributed by atoms with E-state index in [2.05, 4.69) is 19.2 Å². The third kappa shape index (κ3) is 34.5. The zero-order chi connectivity index (χ0) is 62.0. The predicted molar refractivity (Wildman–Crippen MR) is 362 cm³/mol. The highest BCUT2D eigenvalue weighted by Gasteiger charge is 2.49. The van der Waals surface area contributed by atoms with Gasteiger partial charge in [-0.2, -0.15) is 0 Å². The molecule has 0 aliphatic carbocycles. The fourth-order valence-electron chi connectivity index (χ4n) is 12.3. The largest absolute Gasteiger partial charge is 0.390 e. The molecule has 3 N–H and O–H groups in total. The van der Waals surface area contributed by atoms with Crippen LogP contribution in [0.15, 0.2) is 121 Å². The Morgan fingerprint density at radius 2 is 0.739 bits per heavy atom. The molecule has 4 aromatic carbocycles. The smallest absolute Gasteiger partial charge is 0.220 e. The van der Waals surface area contributed by atoms with Gasteiger partial charge in [0.25, 0.3) is 0 Å². The lowest BCUT2D eigenvalue weighted by Gasteiger charge is -2.46. The molecule has 0 bridgehead atoms. The Balaban J connectivity index is 1.18. The Morgan fingerprint density at radius 1 is 0.409 bits per heavy atom. The van der Waals surface area contributed by atoms with Gasteiger partial charge in [-0.25, -0.2) is 0 Å². The van der Waals surface area contributed by atoms with Gasteiger partial charge >= 0.3 is 0 Å². The molecule has 1 amide bonds. The van der Waals surface area contributed by atoms with E-state index in [1.807, 2.05) is 121 Å². The lowest BCUT2D eigenvalue weighted by Crippen LogP contribution is -2.62. The first-order valence-electron chi connectivity index (χ1n) is 36.0. The first kappa shape index (κ1) is 74.8. The number of unbranched alkanes of at least 4 members (excludes halogenated alkanes) is 33. The van der Waals surface area contributed by atoms with Crippen LogP contribution < -0.4 is 5.32 Å². The molecule has 0 radical (unpaired) electrons. The van der Waals surface area contributed by atoms with Crippen molar-refractivity contribution >= 4 is 5.91 Å². The van der Waals surface area contributed by atoms with Crippen LogP contribution in [0.2, 0.25) is 0 Å². The van der Waals surface area contributed by atoms with Crippen molar-refractivity contribution in [2.24, 2.45) is 0 Å². The Bertz CT molecular complexity index is 2190. The molecule has 1 aliphatic rings. The number of hydrogen-bond donors (Lipinski definition) is 3. The number of benzene rings is 4. The molecule has 0 aromatic heterocycles. The van der Waals surface area contributed by atoms with E-state index >= 15 is 0 Å². The maximum absolute atomic E-state index is 14.0. The molecule has 494 valence electrons. The van der Waals surface area contributed by atoms with E-state index in [1.165, 1.54) is 186 Å². The summed E-state index contributed by atoms with van der Waals surface area (Å²) in [5.41, 5.74) is 3.98. The number of carbonyl (C=O) groups excluding carboxylic acids is 1. The molecule has 1 heterocycles. The Morgan fingerprint density at radius 3 is 1.12 bits per heavy atom. The number of aliphatic hydroxyl groups excluding tert-OH is 2. The lowest BCUT2D eigenvalue weighted by atomic mass is 9.97. The molecule has 88 heavy (non-hydrogen) atoms. The van der Waals surface area contributed by atoms with Gasteiger partial charge in [0, 0.05) is 6.42 Å². The normalized spacial score (nSPS) is 17.9. The summed E-state index contributed by atoms with van der Waals surface area (Å²) < 4.78 is 41.1. The van der Waals surface area contributed by atoms with Gasteiger partial charge in [0.1, 0.15) is 30.5 Å². The van der Waals surface area contributed by atoms with Crippen LogP contribution in [0.1, 0.15) is 274 Å². The van der Waals surface area contributed by atoms with E-state index in [0.29, 0.717) is 26.1 Å². The first-order chi connectivity index (χ1) is 43.4. The molecule has 0 unspecified atom stereocenters.